The lowest BCUT2D eigenvalue weighted by Crippen LogP contribution is -1.95. The summed E-state index contributed by atoms with van der Waals surface area (Å²) in [6, 6.07) is 0. The van der Waals surface area contributed by atoms with E-state index in [9.17, 15) is 4.79 Å². The molecular formula is C9H13NO3S2. The minimum absolute atomic E-state index is 0.169. The van der Waals surface area contributed by atoms with E-state index in [0.717, 1.165) is 30.2 Å². The normalized spacial score (nSPS) is 10.5. The van der Waals surface area contributed by atoms with E-state index >= 15 is 0 Å². The van der Waals surface area contributed by atoms with Crippen LogP contribution in [-0.4, -0.2) is 35.5 Å². The summed E-state index contributed by atoms with van der Waals surface area (Å²) in [6.45, 7) is 0.768. The molecule has 0 amide bonds. The first kappa shape index (κ1) is 12.5. The zero-order valence-corrected chi connectivity index (χ0v) is 10.1. The van der Waals surface area contributed by atoms with E-state index in [2.05, 4.69) is 4.98 Å². The van der Waals surface area contributed by atoms with Gasteiger partial charge in [0.15, 0.2) is 0 Å². The number of hydrogen-bond donors (Lipinski definition) is 1. The largest absolute Gasteiger partial charge is 0.476 e. The second kappa shape index (κ2) is 6.81. The standard InChI is InChI=1S/C9H13NO3S2/c1-13-3-2-4-14-5-7-6-15-8(10-7)9(11)12/h6H,2-5H2,1H3,(H,11,12). The van der Waals surface area contributed by atoms with Crippen LogP contribution >= 0.6 is 23.1 Å². The molecular weight excluding hydrogens is 234 g/mol. The van der Waals surface area contributed by atoms with Crippen molar-refractivity contribution in [3.05, 3.63) is 16.1 Å². The predicted octanol–water partition coefficient (Wildman–Crippen LogP) is 2.11. The molecule has 0 radical (unpaired) electrons. The topological polar surface area (TPSA) is 59.4 Å². The number of thiazole rings is 1. The fourth-order valence-corrected chi connectivity index (χ4v) is 2.54. The minimum Gasteiger partial charge on any atom is -0.476 e. The summed E-state index contributed by atoms with van der Waals surface area (Å²) in [5, 5.41) is 10.6. The van der Waals surface area contributed by atoms with E-state index in [1.807, 2.05) is 0 Å². The third-order valence-electron chi connectivity index (χ3n) is 1.62. The molecule has 1 aromatic heterocycles. The van der Waals surface area contributed by atoms with Crippen molar-refractivity contribution in [2.75, 3.05) is 19.5 Å². The van der Waals surface area contributed by atoms with E-state index in [1.54, 1.807) is 24.3 Å². The van der Waals surface area contributed by atoms with E-state index in [-0.39, 0.29) is 5.01 Å². The van der Waals surface area contributed by atoms with Crippen molar-refractivity contribution in [1.82, 2.24) is 4.98 Å². The lowest BCUT2D eigenvalue weighted by atomic mass is 10.5. The average Bonchev–Trinajstić information content (AvgIpc) is 2.66. The molecule has 0 aromatic carbocycles. The third kappa shape index (κ3) is 4.63. The molecule has 0 atom stereocenters. The SMILES string of the molecule is COCCCSCc1csc(C(=O)O)n1. The van der Waals surface area contributed by atoms with Crippen LogP contribution in [0.1, 0.15) is 21.9 Å². The van der Waals surface area contributed by atoms with Gasteiger partial charge in [-0.25, -0.2) is 9.78 Å². The smallest absolute Gasteiger partial charge is 0.365 e. The Bertz CT molecular complexity index is 314. The number of nitrogens with zero attached hydrogens (tertiary/aromatic N) is 1. The maximum Gasteiger partial charge on any atom is 0.365 e. The zero-order chi connectivity index (χ0) is 11.1. The van der Waals surface area contributed by atoms with Crippen LogP contribution in [0.5, 0.6) is 0 Å². The number of aromatic carboxylic acids is 1. The maximum absolute atomic E-state index is 10.6. The number of thioether (sulfide) groups is 1. The highest BCUT2D eigenvalue weighted by Gasteiger charge is 2.08. The number of ether oxygens (including phenoxy) is 1. The second-order valence-electron chi connectivity index (χ2n) is 2.85. The number of aromatic nitrogens is 1. The fourth-order valence-electron chi connectivity index (χ4n) is 0.954. The van der Waals surface area contributed by atoms with Crippen LogP contribution < -0.4 is 0 Å². The summed E-state index contributed by atoms with van der Waals surface area (Å²) in [5.41, 5.74) is 0.847. The monoisotopic (exact) mass is 247 g/mol. The number of methoxy groups -OCH3 is 1. The highest BCUT2D eigenvalue weighted by Crippen LogP contribution is 2.16. The van der Waals surface area contributed by atoms with Crippen molar-refractivity contribution in [3.8, 4) is 0 Å². The van der Waals surface area contributed by atoms with Gasteiger partial charge in [0, 0.05) is 24.8 Å². The van der Waals surface area contributed by atoms with Gasteiger partial charge < -0.3 is 9.84 Å². The predicted molar refractivity (Wildman–Crippen MR) is 61.7 cm³/mol. The first-order valence-corrected chi connectivity index (χ1v) is 6.52. The van der Waals surface area contributed by atoms with Crippen molar-refractivity contribution in [1.29, 1.82) is 0 Å². The van der Waals surface area contributed by atoms with Crippen LogP contribution in [-0.2, 0) is 10.5 Å². The molecule has 0 bridgehead atoms. The number of hydrogen-bond acceptors (Lipinski definition) is 5. The third-order valence-corrected chi connectivity index (χ3v) is 3.58. The van der Waals surface area contributed by atoms with Crippen LogP contribution in [0.25, 0.3) is 0 Å². The van der Waals surface area contributed by atoms with Crippen molar-refractivity contribution in [2.24, 2.45) is 0 Å². The Morgan fingerprint density at radius 3 is 3.13 bits per heavy atom. The van der Waals surface area contributed by atoms with Crippen molar-refractivity contribution in [3.63, 3.8) is 0 Å². The van der Waals surface area contributed by atoms with Gasteiger partial charge in [-0.2, -0.15) is 11.8 Å². The van der Waals surface area contributed by atoms with E-state index < -0.39 is 5.97 Å². The van der Waals surface area contributed by atoms with Gasteiger partial charge in [0.1, 0.15) is 0 Å². The number of carboxylic acid groups (broad SMARTS) is 1. The summed E-state index contributed by atoms with van der Waals surface area (Å²) in [6.07, 6.45) is 1.01. The van der Waals surface area contributed by atoms with Crippen LogP contribution in [0.2, 0.25) is 0 Å². The Labute approximate surface area is 96.7 Å². The maximum atomic E-state index is 10.6. The molecule has 0 unspecified atom stereocenters. The average molecular weight is 247 g/mol. The van der Waals surface area contributed by atoms with Crippen LogP contribution in [0.3, 0.4) is 0 Å². The van der Waals surface area contributed by atoms with Crippen molar-refractivity contribution >= 4 is 29.1 Å². The molecule has 6 heteroatoms. The molecule has 0 aliphatic rings. The lowest BCUT2D eigenvalue weighted by Gasteiger charge is -1.98. The molecule has 84 valence electrons. The molecule has 0 saturated carbocycles. The van der Waals surface area contributed by atoms with Gasteiger partial charge in [-0.15, -0.1) is 11.3 Å². The minimum atomic E-state index is -0.948. The molecule has 15 heavy (non-hydrogen) atoms. The summed E-state index contributed by atoms with van der Waals surface area (Å²) in [7, 11) is 1.68. The van der Waals surface area contributed by atoms with Crippen LogP contribution in [0.15, 0.2) is 5.38 Å². The molecule has 1 N–H and O–H groups in total. The Kier molecular flexibility index (Phi) is 5.67. The van der Waals surface area contributed by atoms with Crippen LogP contribution in [0.4, 0.5) is 0 Å². The Morgan fingerprint density at radius 1 is 1.73 bits per heavy atom. The van der Waals surface area contributed by atoms with E-state index in [1.165, 1.54) is 11.3 Å². The summed E-state index contributed by atoms with van der Waals surface area (Å²) < 4.78 is 4.93. The summed E-state index contributed by atoms with van der Waals surface area (Å²) >= 11 is 2.92. The number of rotatable bonds is 7. The zero-order valence-electron chi connectivity index (χ0n) is 8.43. The molecule has 1 rings (SSSR count). The summed E-state index contributed by atoms with van der Waals surface area (Å²) in [4.78, 5) is 14.5. The van der Waals surface area contributed by atoms with Gasteiger partial charge >= 0.3 is 5.97 Å². The van der Waals surface area contributed by atoms with E-state index in [4.69, 9.17) is 9.84 Å². The Balaban J connectivity index is 2.23. The molecule has 0 saturated heterocycles. The van der Waals surface area contributed by atoms with Crippen LogP contribution in [0, 0.1) is 0 Å². The molecule has 0 aliphatic carbocycles. The number of carboxylic acids is 1. The Morgan fingerprint density at radius 2 is 2.53 bits per heavy atom. The van der Waals surface area contributed by atoms with Gasteiger partial charge in [-0.1, -0.05) is 0 Å². The summed E-state index contributed by atoms with van der Waals surface area (Å²) in [5.74, 6) is 0.831. The highest BCUT2D eigenvalue weighted by atomic mass is 32.2. The first-order chi connectivity index (χ1) is 7.24. The van der Waals surface area contributed by atoms with Crippen molar-refractivity contribution in [2.45, 2.75) is 12.2 Å². The molecule has 0 fully saturated rings. The lowest BCUT2D eigenvalue weighted by molar-refractivity contribution is 0.0696. The highest BCUT2D eigenvalue weighted by molar-refractivity contribution is 7.98. The fraction of sp³-hybridized carbons (Fsp3) is 0.556. The number of carbonyl (C=O) groups is 1. The molecule has 1 heterocycles. The van der Waals surface area contributed by atoms with Crippen molar-refractivity contribution < 1.29 is 14.6 Å². The quantitative estimate of drug-likeness (QED) is 0.748. The van der Waals surface area contributed by atoms with Gasteiger partial charge in [-0.05, 0) is 12.2 Å². The second-order valence-corrected chi connectivity index (χ2v) is 4.81. The van der Waals surface area contributed by atoms with Gasteiger partial charge in [-0.3, -0.25) is 0 Å². The molecule has 0 aliphatic heterocycles. The van der Waals surface area contributed by atoms with Gasteiger partial charge in [0.25, 0.3) is 0 Å². The molecule has 1 aromatic rings. The van der Waals surface area contributed by atoms with E-state index in [0.29, 0.717) is 0 Å². The first-order valence-electron chi connectivity index (χ1n) is 4.48. The molecule has 4 nitrogen and oxygen atoms in total. The van der Waals surface area contributed by atoms with Gasteiger partial charge in [0.2, 0.25) is 5.01 Å². The molecule has 0 spiro atoms. The Hall–Kier alpha value is -0.590. The van der Waals surface area contributed by atoms with Gasteiger partial charge in [0.05, 0.1) is 5.69 Å².